The molecule has 0 bridgehead atoms. The van der Waals surface area contributed by atoms with Gasteiger partial charge in [0.25, 0.3) is 0 Å². The Morgan fingerprint density at radius 2 is 2.27 bits per heavy atom. The Labute approximate surface area is 64.7 Å². The summed E-state index contributed by atoms with van der Waals surface area (Å²) in [7, 11) is 0. The van der Waals surface area contributed by atoms with Crippen LogP contribution in [0.15, 0.2) is 18.2 Å². The summed E-state index contributed by atoms with van der Waals surface area (Å²) in [6.07, 6.45) is 0. The molecule has 0 aliphatic rings. The molecule has 1 rings (SSSR count). The number of aromatic hydroxyl groups is 1. The second-order valence-corrected chi connectivity index (χ2v) is 2.19. The summed E-state index contributed by atoms with van der Waals surface area (Å²) in [5, 5.41) is 11.7. The largest absolute Gasteiger partial charge is 0.508 e. The molecule has 60 valence electrons. The zero-order chi connectivity index (χ0) is 8.27. The first-order chi connectivity index (χ1) is 5.24. The molecule has 0 radical (unpaired) electrons. The van der Waals surface area contributed by atoms with Crippen molar-refractivity contribution in [1.82, 2.24) is 0 Å². The van der Waals surface area contributed by atoms with Crippen LogP contribution in [0.2, 0.25) is 0 Å². The van der Waals surface area contributed by atoms with Crippen molar-refractivity contribution >= 4 is 5.69 Å². The average Bonchev–Trinajstić information content (AvgIpc) is 1.98. The number of hydrogen-bond donors (Lipinski definition) is 2. The van der Waals surface area contributed by atoms with Crippen LogP contribution >= 0.6 is 0 Å². The zero-order valence-electron chi connectivity index (χ0n) is 6.26. The maximum absolute atomic E-state index is 12.8. The van der Waals surface area contributed by atoms with Crippen LogP contribution in [0, 0.1) is 5.82 Å². The number of phenols is 1. The summed E-state index contributed by atoms with van der Waals surface area (Å²) in [5.41, 5.74) is 0.340. The standard InChI is InChI=1S/C8H10FNO/c1-2-10-8-5-6(11)3-4-7(8)9/h3-5,10-11H,2H2,1H3. The van der Waals surface area contributed by atoms with Crippen molar-refractivity contribution < 1.29 is 9.50 Å². The maximum atomic E-state index is 12.8. The van der Waals surface area contributed by atoms with Crippen molar-refractivity contribution in [2.24, 2.45) is 0 Å². The summed E-state index contributed by atoms with van der Waals surface area (Å²) in [6, 6.07) is 3.91. The van der Waals surface area contributed by atoms with Gasteiger partial charge in [0.1, 0.15) is 11.6 Å². The normalized spacial score (nSPS) is 9.64. The molecule has 0 atom stereocenters. The third kappa shape index (κ3) is 1.83. The SMILES string of the molecule is CCNc1cc(O)ccc1F. The topological polar surface area (TPSA) is 32.3 Å². The Hall–Kier alpha value is -1.25. The first-order valence-corrected chi connectivity index (χ1v) is 3.46. The second kappa shape index (κ2) is 3.23. The van der Waals surface area contributed by atoms with Crippen LogP contribution in [0.4, 0.5) is 10.1 Å². The minimum atomic E-state index is -0.343. The smallest absolute Gasteiger partial charge is 0.146 e. The monoisotopic (exact) mass is 155 g/mol. The average molecular weight is 155 g/mol. The van der Waals surface area contributed by atoms with Gasteiger partial charge in [0.05, 0.1) is 5.69 Å². The quantitative estimate of drug-likeness (QED) is 0.684. The van der Waals surface area contributed by atoms with E-state index in [2.05, 4.69) is 5.32 Å². The molecule has 0 saturated heterocycles. The molecule has 0 amide bonds. The fraction of sp³-hybridized carbons (Fsp3) is 0.250. The van der Waals surface area contributed by atoms with Crippen LogP contribution in [-0.2, 0) is 0 Å². The highest BCUT2D eigenvalue weighted by atomic mass is 19.1. The Bertz CT molecular complexity index is 250. The van der Waals surface area contributed by atoms with E-state index in [1.54, 1.807) is 0 Å². The van der Waals surface area contributed by atoms with Crippen LogP contribution in [0.5, 0.6) is 5.75 Å². The van der Waals surface area contributed by atoms with E-state index >= 15 is 0 Å². The molecular weight excluding hydrogens is 145 g/mol. The third-order valence-corrected chi connectivity index (χ3v) is 1.32. The van der Waals surface area contributed by atoms with Crippen LogP contribution in [0.25, 0.3) is 0 Å². The molecule has 2 nitrogen and oxygen atoms in total. The van der Waals surface area contributed by atoms with Gasteiger partial charge in [-0.25, -0.2) is 4.39 Å². The highest BCUT2D eigenvalue weighted by molar-refractivity contribution is 5.48. The number of rotatable bonds is 2. The van der Waals surface area contributed by atoms with Crippen LogP contribution in [-0.4, -0.2) is 11.7 Å². The first kappa shape index (κ1) is 7.85. The Kier molecular flexibility index (Phi) is 2.31. The molecule has 0 heterocycles. The van der Waals surface area contributed by atoms with Gasteiger partial charge in [0.2, 0.25) is 0 Å². The van der Waals surface area contributed by atoms with Gasteiger partial charge in [-0.2, -0.15) is 0 Å². The zero-order valence-corrected chi connectivity index (χ0v) is 6.26. The highest BCUT2D eigenvalue weighted by Gasteiger charge is 1.99. The van der Waals surface area contributed by atoms with Crippen molar-refractivity contribution in [3.63, 3.8) is 0 Å². The minimum absolute atomic E-state index is 0.0716. The van der Waals surface area contributed by atoms with Crippen molar-refractivity contribution in [1.29, 1.82) is 0 Å². The van der Waals surface area contributed by atoms with Gasteiger partial charge >= 0.3 is 0 Å². The van der Waals surface area contributed by atoms with E-state index in [0.717, 1.165) is 0 Å². The molecule has 0 spiro atoms. The van der Waals surface area contributed by atoms with Gasteiger partial charge in [0, 0.05) is 12.6 Å². The molecule has 0 aliphatic carbocycles. The van der Waals surface area contributed by atoms with Gasteiger partial charge in [-0.15, -0.1) is 0 Å². The van der Waals surface area contributed by atoms with Gasteiger partial charge in [-0.3, -0.25) is 0 Å². The molecule has 0 saturated carbocycles. The van der Waals surface area contributed by atoms with Crippen molar-refractivity contribution in [3.05, 3.63) is 24.0 Å². The molecule has 0 aromatic heterocycles. The molecule has 0 unspecified atom stereocenters. The summed E-state index contributed by atoms with van der Waals surface area (Å²) in [6.45, 7) is 2.50. The maximum Gasteiger partial charge on any atom is 0.146 e. The molecule has 1 aromatic carbocycles. The van der Waals surface area contributed by atoms with E-state index < -0.39 is 0 Å². The number of hydrogen-bond acceptors (Lipinski definition) is 2. The van der Waals surface area contributed by atoms with Crippen molar-refractivity contribution in [2.75, 3.05) is 11.9 Å². The van der Waals surface area contributed by atoms with Gasteiger partial charge in [-0.1, -0.05) is 0 Å². The van der Waals surface area contributed by atoms with Gasteiger partial charge in [-0.05, 0) is 19.1 Å². The Morgan fingerprint density at radius 3 is 2.91 bits per heavy atom. The van der Waals surface area contributed by atoms with E-state index in [0.29, 0.717) is 12.2 Å². The molecule has 0 fully saturated rings. The number of anilines is 1. The first-order valence-electron chi connectivity index (χ1n) is 3.46. The second-order valence-electron chi connectivity index (χ2n) is 2.19. The van der Waals surface area contributed by atoms with E-state index in [1.165, 1.54) is 18.2 Å². The molecule has 2 N–H and O–H groups in total. The predicted octanol–water partition coefficient (Wildman–Crippen LogP) is 1.96. The van der Waals surface area contributed by atoms with Crippen LogP contribution in [0.1, 0.15) is 6.92 Å². The summed E-state index contributed by atoms with van der Waals surface area (Å²) < 4.78 is 12.8. The Balaban J connectivity index is 2.93. The highest BCUT2D eigenvalue weighted by Crippen LogP contribution is 2.19. The fourth-order valence-corrected chi connectivity index (χ4v) is 0.839. The lowest BCUT2D eigenvalue weighted by molar-refractivity contribution is 0.473. The number of phenolic OH excluding ortho intramolecular Hbond substituents is 1. The van der Waals surface area contributed by atoms with Crippen LogP contribution < -0.4 is 5.32 Å². The van der Waals surface area contributed by atoms with E-state index in [9.17, 15) is 4.39 Å². The lowest BCUT2D eigenvalue weighted by Gasteiger charge is -2.03. The van der Waals surface area contributed by atoms with E-state index in [4.69, 9.17) is 5.11 Å². The van der Waals surface area contributed by atoms with Crippen molar-refractivity contribution in [2.45, 2.75) is 6.92 Å². The van der Waals surface area contributed by atoms with Gasteiger partial charge in [0.15, 0.2) is 0 Å². The number of nitrogens with one attached hydrogen (secondary N) is 1. The predicted molar refractivity (Wildman–Crippen MR) is 42.2 cm³/mol. The lowest BCUT2D eigenvalue weighted by Crippen LogP contribution is -1.98. The van der Waals surface area contributed by atoms with Crippen LogP contribution in [0.3, 0.4) is 0 Å². The summed E-state index contributed by atoms with van der Waals surface area (Å²) in [5.74, 6) is -0.271. The van der Waals surface area contributed by atoms with E-state index in [1.807, 2.05) is 6.92 Å². The fourth-order valence-electron chi connectivity index (χ4n) is 0.839. The molecule has 1 aromatic rings. The molecule has 11 heavy (non-hydrogen) atoms. The minimum Gasteiger partial charge on any atom is -0.508 e. The molecule has 3 heteroatoms. The number of benzene rings is 1. The lowest BCUT2D eigenvalue weighted by atomic mass is 10.3. The summed E-state index contributed by atoms with van der Waals surface area (Å²) in [4.78, 5) is 0. The van der Waals surface area contributed by atoms with Crippen molar-refractivity contribution in [3.8, 4) is 5.75 Å². The molecule has 0 aliphatic heterocycles. The number of halogens is 1. The Morgan fingerprint density at radius 1 is 1.55 bits per heavy atom. The third-order valence-electron chi connectivity index (χ3n) is 1.32. The van der Waals surface area contributed by atoms with Gasteiger partial charge < -0.3 is 10.4 Å². The summed E-state index contributed by atoms with van der Waals surface area (Å²) >= 11 is 0. The molecular formula is C8H10FNO. The van der Waals surface area contributed by atoms with E-state index in [-0.39, 0.29) is 11.6 Å².